The van der Waals surface area contributed by atoms with Crippen molar-refractivity contribution in [1.82, 2.24) is 16.2 Å². The number of primary amides is 1. The molecule has 0 aliphatic rings. The number of amides is 4. The van der Waals surface area contributed by atoms with E-state index in [0.717, 1.165) is 6.07 Å². The van der Waals surface area contributed by atoms with Crippen LogP contribution in [0.25, 0.3) is 0 Å². The third-order valence-electron chi connectivity index (χ3n) is 3.81. The van der Waals surface area contributed by atoms with Gasteiger partial charge in [-0.05, 0) is 37.3 Å². The number of para-hydroxylation sites is 2. The lowest BCUT2D eigenvalue weighted by atomic mass is 10.2. The lowest BCUT2D eigenvalue weighted by Crippen LogP contribution is -2.52. The smallest absolute Gasteiger partial charge is 0.312 e. The summed E-state index contributed by atoms with van der Waals surface area (Å²) in [6.45, 7) is 1.36. The summed E-state index contributed by atoms with van der Waals surface area (Å²) in [6, 6.07) is 9.78. The van der Waals surface area contributed by atoms with E-state index in [1.54, 1.807) is 18.2 Å². The number of nitrogens with one attached hydrogen (secondary N) is 4. The third kappa shape index (κ3) is 5.85. The number of sulfonamides is 1. The Bertz CT molecular complexity index is 1060. The summed E-state index contributed by atoms with van der Waals surface area (Å²) < 4.78 is 32.9. The highest BCUT2D eigenvalue weighted by Gasteiger charge is 2.19. The van der Waals surface area contributed by atoms with Crippen molar-refractivity contribution in [3.63, 3.8) is 0 Å². The first kappa shape index (κ1) is 22.5. The number of hydrogen-bond donors (Lipinski definition) is 5. The summed E-state index contributed by atoms with van der Waals surface area (Å²) in [6.07, 6.45) is 0. The van der Waals surface area contributed by atoms with E-state index in [9.17, 15) is 22.8 Å². The van der Waals surface area contributed by atoms with E-state index in [-0.39, 0.29) is 16.1 Å². The van der Waals surface area contributed by atoms with Crippen LogP contribution in [0.3, 0.4) is 0 Å². The Morgan fingerprint density at radius 2 is 1.73 bits per heavy atom. The minimum Gasteiger partial charge on any atom is -0.495 e. The first-order valence-electron chi connectivity index (χ1n) is 8.56. The summed E-state index contributed by atoms with van der Waals surface area (Å²) in [5.41, 5.74) is 9.38. The molecule has 0 saturated carbocycles. The zero-order valence-electron chi connectivity index (χ0n) is 16.1. The molecule has 0 heterocycles. The van der Waals surface area contributed by atoms with Gasteiger partial charge in [0.15, 0.2) is 0 Å². The van der Waals surface area contributed by atoms with Crippen molar-refractivity contribution in [3.8, 4) is 5.75 Å². The summed E-state index contributed by atoms with van der Waals surface area (Å²) in [5.74, 6) is -1.15. The lowest BCUT2D eigenvalue weighted by molar-refractivity contribution is -0.123. The number of ether oxygens (including phenoxy) is 1. The van der Waals surface area contributed by atoms with Gasteiger partial charge in [0.2, 0.25) is 0 Å². The molecule has 160 valence electrons. The Balaban J connectivity index is 2.12. The Kier molecular flexibility index (Phi) is 7.20. The number of hydrogen-bond acceptors (Lipinski definition) is 6. The molecule has 12 heteroatoms. The van der Waals surface area contributed by atoms with E-state index in [1.807, 2.05) is 0 Å². The molecule has 2 rings (SSSR count). The number of nitrogens with two attached hydrogens (primary N) is 1. The van der Waals surface area contributed by atoms with Crippen molar-refractivity contribution in [1.29, 1.82) is 0 Å². The normalized spacial score (nSPS) is 11.7. The van der Waals surface area contributed by atoms with Crippen molar-refractivity contribution in [2.75, 3.05) is 11.8 Å². The van der Waals surface area contributed by atoms with E-state index in [0.29, 0.717) is 5.75 Å². The molecule has 0 fully saturated rings. The van der Waals surface area contributed by atoms with Gasteiger partial charge >= 0.3 is 6.03 Å². The van der Waals surface area contributed by atoms with Crippen LogP contribution in [0.2, 0.25) is 0 Å². The molecule has 0 spiro atoms. The SMILES string of the molecule is COc1ccccc1NS(=O)(=O)c1cccc(C(=O)NNC(=O)[C@@H](C)NC(N)=O)c1. The van der Waals surface area contributed by atoms with Crippen molar-refractivity contribution < 1.29 is 27.5 Å². The fourth-order valence-electron chi connectivity index (χ4n) is 2.31. The quantitative estimate of drug-likeness (QED) is 0.392. The van der Waals surface area contributed by atoms with Gasteiger partial charge in [0.05, 0.1) is 17.7 Å². The number of carbonyl (C=O) groups is 3. The van der Waals surface area contributed by atoms with Gasteiger partial charge in [-0.15, -0.1) is 0 Å². The molecule has 4 amide bonds. The first-order chi connectivity index (χ1) is 14.1. The largest absolute Gasteiger partial charge is 0.495 e. The fraction of sp³-hybridized carbons (Fsp3) is 0.167. The number of hydrazine groups is 1. The molecule has 1 atom stereocenters. The minimum atomic E-state index is -4.02. The van der Waals surface area contributed by atoms with E-state index < -0.39 is 33.9 Å². The van der Waals surface area contributed by atoms with Crippen LogP contribution in [0.15, 0.2) is 53.4 Å². The Morgan fingerprint density at radius 1 is 1.03 bits per heavy atom. The zero-order valence-corrected chi connectivity index (χ0v) is 16.9. The van der Waals surface area contributed by atoms with Crippen LogP contribution in [-0.4, -0.2) is 39.4 Å². The topological polar surface area (TPSA) is 169 Å². The third-order valence-corrected chi connectivity index (χ3v) is 5.17. The first-order valence-corrected chi connectivity index (χ1v) is 10.0. The van der Waals surface area contributed by atoms with E-state index in [4.69, 9.17) is 10.5 Å². The molecular weight excluding hydrogens is 414 g/mol. The molecule has 0 radical (unpaired) electrons. The number of benzene rings is 2. The summed E-state index contributed by atoms with van der Waals surface area (Å²) >= 11 is 0. The summed E-state index contributed by atoms with van der Waals surface area (Å²) in [5, 5.41) is 2.15. The number of rotatable bonds is 7. The molecule has 0 aromatic heterocycles. The average Bonchev–Trinajstić information content (AvgIpc) is 2.71. The molecule has 0 bridgehead atoms. The number of carbonyl (C=O) groups excluding carboxylic acids is 3. The van der Waals surface area contributed by atoms with Crippen LogP contribution < -0.4 is 31.4 Å². The second-order valence-corrected chi connectivity index (χ2v) is 7.69. The second kappa shape index (κ2) is 9.60. The van der Waals surface area contributed by atoms with Crippen LogP contribution in [0.1, 0.15) is 17.3 Å². The summed E-state index contributed by atoms with van der Waals surface area (Å²) in [4.78, 5) is 34.6. The van der Waals surface area contributed by atoms with Gasteiger partial charge in [-0.1, -0.05) is 18.2 Å². The molecule has 2 aromatic carbocycles. The van der Waals surface area contributed by atoms with Gasteiger partial charge < -0.3 is 15.8 Å². The van der Waals surface area contributed by atoms with E-state index in [1.165, 1.54) is 38.3 Å². The van der Waals surface area contributed by atoms with Crippen LogP contribution in [-0.2, 0) is 14.8 Å². The second-order valence-electron chi connectivity index (χ2n) is 6.01. The molecular formula is C18H21N5O6S. The molecule has 2 aromatic rings. The molecule has 11 nitrogen and oxygen atoms in total. The van der Waals surface area contributed by atoms with Crippen LogP contribution >= 0.6 is 0 Å². The van der Waals surface area contributed by atoms with Crippen LogP contribution in [0.4, 0.5) is 10.5 Å². The monoisotopic (exact) mass is 435 g/mol. The predicted molar refractivity (Wildman–Crippen MR) is 108 cm³/mol. The number of urea groups is 1. The van der Waals surface area contributed by atoms with Gasteiger partial charge in [-0.2, -0.15) is 0 Å². The molecule has 0 aliphatic heterocycles. The van der Waals surface area contributed by atoms with Crippen molar-refractivity contribution in [2.45, 2.75) is 17.9 Å². The lowest BCUT2D eigenvalue weighted by Gasteiger charge is -2.14. The van der Waals surface area contributed by atoms with E-state index >= 15 is 0 Å². The van der Waals surface area contributed by atoms with Crippen molar-refractivity contribution in [2.24, 2.45) is 5.73 Å². The van der Waals surface area contributed by atoms with Crippen LogP contribution in [0, 0.1) is 0 Å². The van der Waals surface area contributed by atoms with Gasteiger partial charge in [0, 0.05) is 5.56 Å². The molecule has 0 aliphatic carbocycles. The Morgan fingerprint density at radius 3 is 2.40 bits per heavy atom. The van der Waals surface area contributed by atoms with Gasteiger partial charge in [-0.25, -0.2) is 13.2 Å². The maximum absolute atomic E-state index is 12.7. The average molecular weight is 435 g/mol. The standard InChI is InChI=1S/C18H21N5O6S/c1-11(20-18(19)26)16(24)21-22-17(25)12-6-5-7-13(10-12)30(27,28)23-14-8-3-4-9-15(14)29-2/h3-11,23H,1-2H3,(H,21,24)(H,22,25)(H3,19,20,26)/t11-/m1/s1. The maximum Gasteiger partial charge on any atom is 0.312 e. The molecule has 0 unspecified atom stereocenters. The van der Waals surface area contributed by atoms with Gasteiger partial charge in [0.25, 0.3) is 21.8 Å². The molecule has 30 heavy (non-hydrogen) atoms. The van der Waals surface area contributed by atoms with Crippen molar-refractivity contribution in [3.05, 3.63) is 54.1 Å². The Hall–Kier alpha value is -3.80. The zero-order chi connectivity index (χ0) is 22.3. The minimum absolute atomic E-state index is 0.0197. The summed E-state index contributed by atoms with van der Waals surface area (Å²) in [7, 11) is -2.61. The van der Waals surface area contributed by atoms with Crippen molar-refractivity contribution >= 4 is 33.6 Å². The van der Waals surface area contributed by atoms with Crippen LogP contribution in [0.5, 0.6) is 5.75 Å². The molecule has 6 N–H and O–H groups in total. The maximum atomic E-state index is 12.7. The number of anilines is 1. The predicted octanol–water partition coefficient (Wildman–Crippen LogP) is 0.314. The fourth-order valence-corrected chi connectivity index (χ4v) is 3.43. The van der Waals surface area contributed by atoms with Gasteiger partial charge in [-0.3, -0.25) is 25.2 Å². The highest BCUT2D eigenvalue weighted by atomic mass is 32.2. The van der Waals surface area contributed by atoms with E-state index in [2.05, 4.69) is 20.9 Å². The highest BCUT2D eigenvalue weighted by molar-refractivity contribution is 7.92. The molecule has 0 saturated heterocycles. The van der Waals surface area contributed by atoms with Gasteiger partial charge in [0.1, 0.15) is 11.8 Å². The Labute approximate surface area is 173 Å². The number of methoxy groups -OCH3 is 1. The highest BCUT2D eigenvalue weighted by Crippen LogP contribution is 2.26.